The zero-order chi connectivity index (χ0) is 7.94. The van der Waals surface area contributed by atoms with E-state index >= 15 is 0 Å². The van der Waals surface area contributed by atoms with Crippen molar-refractivity contribution in [2.75, 3.05) is 33.5 Å². The molecule has 0 saturated carbocycles. The number of hydrogen-bond acceptors (Lipinski definition) is 3. The highest BCUT2D eigenvalue weighted by Gasteiger charge is 2.14. The van der Waals surface area contributed by atoms with E-state index in [4.69, 9.17) is 14.2 Å². The van der Waals surface area contributed by atoms with Gasteiger partial charge in [-0.2, -0.15) is 0 Å². The van der Waals surface area contributed by atoms with Gasteiger partial charge in [0.05, 0.1) is 25.9 Å². The summed E-state index contributed by atoms with van der Waals surface area (Å²) in [7, 11) is 1.68. The second-order valence-electron chi connectivity index (χ2n) is 2.70. The third-order valence-electron chi connectivity index (χ3n) is 1.76. The zero-order valence-electron chi connectivity index (χ0n) is 7.04. The van der Waals surface area contributed by atoms with E-state index in [1.165, 1.54) is 6.42 Å². The minimum atomic E-state index is 0.340. The quantitative estimate of drug-likeness (QED) is 0.557. The molecule has 3 nitrogen and oxygen atoms in total. The molecule has 0 spiro atoms. The molecule has 11 heavy (non-hydrogen) atoms. The van der Waals surface area contributed by atoms with Crippen LogP contribution in [0.15, 0.2) is 0 Å². The van der Waals surface area contributed by atoms with Gasteiger partial charge in [-0.25, -0.2) is 0 Å². The molecule has 0 aromatic carbocycles. The summed E-state index contributed by atoms with van der Waals surface area (Å²) in [6.07, 6.45) is 2.66. The summed E-state index contributed by atoms with van der Waals surface area (Å²) >= 11 is 0. The van der Waals surface area contributed by atoms with Gasteiger partial charge in [-0.3, -0.25) is 0 Å². The number of hydrogen-bond donors (Lipinski definition) is 0. The van der Waals surface area contributed by atoms with Crippen LogP contribution < -0.4 is 0 Å². The van der Waals surface area contributed by atoms with E-state index in [-0.39, 0.29) is 0 Å². The van der Waals surface area contributed by atoms with Gasteiger partial charge < -0.3 is 14.2 Å². The molecule has 1 fully saturated rings. The molecule has 1 aliphatic heterocycles. The van der Waals surface area contributed by atoms with Gasteiger partial charge >= 0.3 is 0 Å². The first-order valence-electron chi connectivity index (χ1n) is 4.12. The Hall–Kier alpha value is -0.120. The van der Waals surface area contributed by atoms with Crippen LogP contribution in [-0.4, -0.2) is 39.6 Å². The molecule has 1 rings (SSSR count). The molecule has 66 valence electrons. The van der Waals surface area contributed by atoms with Gasteiger partial charge in [0.25, 0.3) is 0 Å². The maximum Gasteiger partial charge on any atom is 0.0809 e. The third-order valence-corrected chi connectivity index (χ3v) is 1.76. The van der Waals surface area contributed by atoms with Crippen molar-refractivity contribution in [1.82, 2.24) is 0 Å². The lowest BCUT2D eigenvalue weighted by atomic mass is 10.2. The third kappa shape index (κ3) is 3.70. The van der Waals surface area contributed by atoms with Crippen LogP contribution in [0.5, 0.6) is 0 Å². The first-order valence-corrected chi connectivity index (χ1v) is 4.12. The molecule has 0 N–H and O–H groups in total. The van der Waals surface area contributed by atoms with E-state index in [9.17, 15) is 0 Å². The van der Waals surface area contributed by atoms with Gasteiger partial charge in [-0.15, -0.1) is 0 Å². The molecular weight excluding hydrogens is 144 g/mol. The molecule has 0 amide bonds. The van der Waals surface area contributed by atoms with Crippen LogP contribution in [-0.2, 0) is 14.2 Å². The fraction of sp³-hybridized carbons (Fsp3) is 1.00. The zero-order valence-corrected chi connectivity index (χ0v) is 7.04. The minimum Gasteiger partial charge on any atom is -0.382 e. The molecule has 1 aliphatic rings. The summed E-state index contributed by atoms with van der Waals surface area (Å²) in [5, 5.41) is 0. The molecule has 1 unspecified atom stereocenters. The minimum absolute atomic E-state index is 0.340. The highest BCUT2D eigenvalue weighted by atomic mass is 16.5. The molecular formula is C8H16O3. The Bertz CT molecular complexity index is 89.3. The van der Waals surface area contributed by atoms with E-state index in [1.807, 2.05) is 0 Å². The van der Waals surface area contributed by atoms with E-state index in [2.05, 4.69) is 0 Å². The van der Waals surface area contributed by atoms with E-state index < -0.39 is 0 Å². The average Bonchev–Trinajstić information content (AvgIpc) is 2.50. The second-order valence-corrected chi connectivity index (χ2v) is 2.70. The van der Waals surface area contributed by atoms with Crippen molar-refractivity contribution < 1.29 is 14.2 Å². The first-order chi connectivity index (χ1) is 5.43. The topological polar surface area (TPSA) is 27.7 Å². The highest BCUT2D eigenvalue weighted by Crippen LogP contribution is 2.11. The van der Waals surface area contributed by atoms with Crippen LogP contribution in [0.3, 0.4) is 0 Å². The predicted molar refractivity (Wildman–Crippen MR) is 41.7 cm³/mol. The van der Waals surface area contributed by atoms with Crippen LogP contribution in [0.4, 0.5) is 0 Å². The van der Waals surface area contributed by atoms with Gasteiger partial charge in [0.15, 0.2) is 0 Å². The van der Waals surface area contributed by atoms with Crippen molar-refractivity contribution in [3.63, 3.8) is 0 Å². The molecule has 0 radical (unpaired) electrons. The maximum absolute atomic E-state index is 5.37. The Labute approximate surface area is 67.6 Å². The van der Waals surface area contributed by atoms with Crippen LogP contribution in [0.2, 0.25) is 0 Å². The fourth-order valence-electron chi connectivity index (χ4n) is 1.13. The van der Waals surface area contributed by atoms with Crippen molar-refractivity contribution in [2.24, 2.45) is 0 Å². The maximum atomic E-state index is 5.37. The Balaban J connectivity index is 1.86. The largest absolute Gasteiger partial charge is 0.382 e. The first kappa shape index (κ1) is 8.97. The number of ether oxygens (including phenoxy) is 3. The molecule has 3 heteroatoms. The van der Waals surface area contributed by atoms with E-state index in [0.717, 1.165) is 19.6 Å². The van der Waals surface area contributed by atoms with Crippen LogP contribution in [0, 0.1) is 0 Å². The highest BCUT2D eigenvalue weighted by molar-refractivity contribution is 4.62. The monoisotopic (exact) mass is 160 g/mol. The van der Waals surface area contributed by atoms with E-state index in [0.29, 0.717) is 19.3 Å². The summed E-state index contributed by atoms with van der Waals surface area (Å²) in [5.74, 6) is 0. The smallest absolute Gasteiger partial charge is 0.0809 e. The molecule has 1 heterocycles. The Morgan fingerprint density at radius 1 is 1.45 bits per heavy atom. The molecule has 0 aromatic rings. The average molecular weight is 160 g/mol. The Morgan fingerprint density at radius 2 is 2.36 bits per heavy atom. The lowest BCUT2D eigenvalue weighted by Gasteiger charge is -2.08. The normalized spacial score (nSPS) is 24.3. The van der Waals surface area contributed by atoms with Crippen molar-refractivity contribution in [1.29, 1.82) is 0 Å². The molecule has 1 atom stereocenters. The second kappa shape index (κ2) is 5.52. The van der Waals surface area contributed by atoms with Crippen LogP contribution in [0.1, 0.15) is 12.8 Å². The number of rotatable bonds is 5. The standard InChI is InChI=1S/C8H16O3/c1-9-5-6-10-7-8-3-2-4-11-8/h8H,2-7H2,1H3. The van der Waals surface area contributed by atoms with Gasteiger partial charge in [-0.1, -0.05) is 0 Å². The van der Waals surface area contributed by atoms with Crippen molar-refractivity contribution >= 4 is 0 Å². The molecule has 0 aromatic heterocycles. The summed E-state index contributed by atoms with van der Waals surface area (Å²) in [6, 6.07) is 0. The number of methoxy groups -OCH3 is 1. The van der Waals surface area contributed by atoms with Crippen molar-refractivity contribution in [3.05, 3.63) is 0 Å². The molecule has 1 saturated heterocycles. The van der Waals surface area contributed by atoms with Gasteiger partial charge in [0, 0.05) is 13.7 Å². The summed E-state index contributed by atoms with van der Waals surface area (Å²) in [5.41, 5.74) is 0. The summed E-state index contributed by atoms with van der Waals surface area (Å²) in [4.78, 5) is 0. The lowest BCUT2D eigenvalue weighted by Crippen LogP contribution is -2.15. The van der Waals surface area contributed by atoms with E-state index in [1.54, 1.807) is 7.11 Å². The van der Waals surface area contributed by atoms with Gasteiger partial charge in [0.2, 0.25) is 0 Å². The fourth-order valence-corrected chi connectivity index (χ4v) is 1.13. The van der Waals surface area contributed by atoms with Crippen molar-refractivity contribution in [3.8, 4) is 0 Å². The summed E-state index contributed by atoms with van der Waals surface area (Å²) in [6.45, 7) is 2.98. The SMILES string of the molecule is COCCOCC1CCCO1. The summed E-state index contributed by atoms with van der Waals surface area (Å²) < 4.78 is 15.5. The van der Waals surface area contributed by atoms with Crippen molar-refractivity contribution in [2.45, 2.75) is 18.9 Å². The van der Waals surface area contributed by atoms with Crippen LogP contribution >= 0.6 is 0 Å². The molecule has 0 aliphatic carbocycles. The van der Waals surface area contributed by atoms with Gasteiger partial charge in [0.1, 0.15) is 0 Å². The Kier molecular flexibility index (Phi) is 4.50. The Morgan fingerprint density at radius 3 is 3.00 bits per heavy atom. The van der Waals surface area contributed by atoms with Crippen LogP contribution in [0.25, 0.3) is 0 Å². The van der Waals surface area contributed by atoms with Gasteiger partial charge in [-0.05, 0) is 12.8 Å². The predicted octanol–water partition coefficient (Wildman–Crippen LogP) is 0.828. The molecule has 0 bridgehead atoms. The lowest BCUT2D eigenvalue weighted by molar-refractivity contribution is 0.000158.